The van der Waals surface area contributed by atoms with Crippen molar-refractivity contribution in [3.05, 3.63) is 16.5 Å². The zero-order chi connectivity index (χ0) is 7.72. The molecule has 1 N–H and O–H groups in total. The van der Waals surface area contributed by atoms with Crippen molar-refractivity contribution in [2.75, 3.05) is 0 Å². The highest BCUT2D eigenvalue weighted by Crippen LogP contribution is 2.24. The van der Waals surface area contributed by atoms with Crippen molar-refractivity contribution in [2.45, 2.75) is 4.90 Å². The molecule has 1 rings (SSSR count). The lowest BCUT2D eigenvalue weighted by Gasteiger charge is -1.81. The highest BCUT2D eigenvalue weighted by atomic mass is 79.9. The van der Waals surface area contributed by atoms with E-state index >= 15 is 0 Å². The third-order valence-corrected chi connectivity index (χ3v) is 2.11. The summed E-state index contributed by atoms with van der Waals surface area (Å²) < 4.78 is 5.06. The van der Waals surface area contributed by atoms with E-state index in [0.29, 0.717) is 9.56 Å². The molecule has 0 atom stereocenters. The molecule has 0 unspecified atom stereocenters. The van der Waals surface area contributed by atoms with E-state index < -0.39 is 5.97 Å². The van der Waals surface area contributed by atoms with Gasteiger partial charge in [0.25, 0.3) is 0 Å². The standard InChI is InChI=1S/C5H3BrO3S/c6-4-3(10)1-2(9-4)5(7)8/h1,10H,(H,7,8). The van der Waals surface area contributed by atoms with E-state index in [0.717, 1.165) is 0 Å². The highest BCUT2D eigenvalue weighted by molar-refractivity contribution is 9.10. The van der Waals surface area contributed by atoms with E-state index in [2.05, 4.69) is 28.6 Å². The first-order valence-electron chi connectivity index (χ1n) is 2.33. The molecule has 0 bridgehead atoms. The fourth-order valence-electron chi connectivity index (χ4n) is 0.465. The zero-order valence-corrected chi connectivity index (χ0v) is 7.15. The van der Waals surface area contributed by atoms with E-state index in [1.807, 2.05) is 0 Å². The molecule has 0 aliphatic rings. The molecule has 0 aliphatic heterocycles. The molecule has 0 amide bonds. The fraction of sp³-hybridized carbons (Fsp3) is 0. The second-order valence-corrected chi connectivity index (χ2v) is 2.78. The number of thiol groups is 1. The number of hydrogen-bond donors (Lipinski definition) is 2. The molecule has 1 heterocycles. The first-order chi connectivity index (χ1) is 4.61. The van der Waals surface area contributed by atoms with Crippen molar-refractivity contribution in [2.24, 2.45) is 0 Å². The van der Waals surface area contributed by atoms with Crippen LogP contribution in [0.15, 0.2) is 20.0 Å². The maximum Gasteiger partial charge on any atom is 0.371 e. The van der Waals surface area contributed by atoms with Gasteiger partial charge in [0.15, 0.2) is 4.67 Å². The number of furan rings is 1. The third-order valence-electron chi connectivity index (χ3n) is 0.880. The lowest BCUT2D eigenvalue weighted by Crippen LogP contribution is -1.91. The van der Waals surface area contributed by atoms with Gasteiger partial charge in [-0.3, -0.25) is 0 Å². The van der Waals surface area contributed by atoms with Crippen molar-refractivity contribution in [3.63, 3.8) is 0 Å². The number of carboxylic acids is 1. The Morgan fingerprint density at radius 3 is 2.60 bits per heavy atom. The van der Waals surface area contributed by atoms with Crippen LogP contribution >= 0.6 is 28.6 Å². The van der Waals surface area contributed by atoms with Gasteiger partial charge in [0.2, 0.25) is 5.76 Å². The van der Waals surface area contributed by atoms with Crippen molar-refractivity contribution in [1.29, 1.82) is 0 Å². The van der Waals surface area contributed by atoms with Crippen LogP contribution in [-0.4, -0.2) is 11.1 Å². The zero-order valence-electron chi connectivity index (χ0n) is 4.67. The van der Waals surface area contributed by atoms with E-state index in [9.17, 15) is 4.79 Å². The summed E-state index contributed by atoms with van der Waals surface area (Å²) in [5.74, 6) is -1.21. The van der Waals surface area contributed by atoms with Gasteiger partial charge in [-0.2, -0.15) is 0 Å². The number of hydrogen-bond acceptors (Lipinski definition) is 3. The Balaban J connectivity index is 3.10. The Labute approximate surface area is 70.6 Å². The number of aromatic carboxylic acids is 1. The van der Waals surface area contributed by atoms with Crippen molar-refractivity contribution < 1.29 is 14.3 Å². The average molecular weight is 223 g/mol. The number of carbonyl (C=O) groups is 1. The third kappa shape index (κ3) is 1.35. The van der Waals surface area contributed by atoms with Crippen LogP contribution in [0.25, 0.3) is 0 Å². The van der Waals surface area contributed by atoms with Crippen molar-refractivity contribution >= 4 is 34.5 Å². The van der Waals surface area contributed by atoms with Crippen LogP contribution in [0.3, 0.4) is 0 Å². The van der Waals surface area contributed by atoms with Gasteiger partial charge in [-0.05, 0) is 15.9 Å². The highest BCUT2D eigenvalue weighted by Gasteiger charge is 2.10. The molecule has 1 aromatic rings. The number of rotatable bonds is 1. The fourth-order valence-corrected chi connectivity index (χ4v) is 0.916. The van der Waals surface area contributed by atoms with Gasteiger partial charge < -0.3 is 9.52 Å². The molecule has 10 heavy (non-hydrogen) atoms. The minimum absolute atomic E-state index is 0.114. The topological polar surface area (TPSA) is 50.4 Å². The lowest BCUT2D eigenvalue weighted by molar-refractivity contribution is 0.0661. The smallest absolute Gasteiger partial charge is 0.371 e. The van der Waals surface area contributed by atoms with Crippen LogP contribution in [0.2, 0.25) is 0 Å². The molecule has 0 aromatic carbocycles. The van der Waals surface area contributed by atoms with Crippen LogP contribution in [0.1, 0.15) is 10.6 Å². The van der Waals surface area contributed by atoms with Gasteiger partial charge in [-0.1, -0.05) is 0 Å². The molecule has 0 spiro atoms. The second kappa shape index (κ2) is 2.67. The molecule has 54 valence electrons. The van der Waals surface area contributed by atoms with Gasteiger partial charge in [-0.25, -0.2) is 4.79 Å². The van der Waals surface area contributed by atoms with Crippen LogP contribution in [0.5, 0.6) is 0 Å². The Hall–Kier alpha value is -0.420. The van der Waals surface area contributed by atoms with Crippen LogP contribution < -0.4 is 0 Å². The van der Waals surface area contributed by atoms with Crippen LogP contribution in [-0.2, 0) is 0 Å². The quantitative estimate of drug-likeness (QED) is 0.716. The summed E-state index contributed by atoms with van der Waals surface area (Å²) in [6.07, 6.45) is 0. The summed E-state index contributed by atoms with van der Waals surface area (Å²) in [5, 5.41) is 8.37. The monoisotopic (exact) mass is 222 g/mol. The van der Waals surface area contributed by atoms with Gasteiger partial charge in [0.05, 0.1) is 4.90 Å². The summed E-state index contributed by atoms with van der Waals surface area (Å²) in [6, 6.07) is 1.33. The molecular weight excluding hydrogens is 220 g/mol. The maximum atomic E-state index is 10.2. The summed E-state index contributed by atoms with van der Waals surface area (Å²) in [7, 11) is 0. The molecular formula is C5H3BrO3S. The Morgan fingerprint density at radius 1 is 1.80 bits per heavy atom. The van der Waals surface area contributed by atoms with Gasteiger partial charge >= 0.3 is 5.97 Å². The Morgan fingerprint density at radius 2 is 2.40 bits per heavy atom. The minimum Gasteiger partial charge on any atom is -0.475 e. The van der Waals surface area contributed by atoms with E-state index in [4.69, 9.17) is 9.52 Å². The predicted octanol–water partition coefficient (Wildman–Crippen LogP) is 2.03. The molecule has 0 saturated heterocycles. The molecule has 0 aliphatic carbocycles. The normalized spacial score (nSPS) is 9.80. The van der Waals surface area contributed by atoms with Gasteiger partial charge in [-0.15, -0.1) is 12.6 Å². The number of halogens is 1. The lowest BCUT2D eigenvalue weighted by atomic mass is 10.5. The molecule has 5 heteroatoms. The first kappa shape index (κ1) is 7.68. The summed E-state index contributed by atoms with van der Waals surface area (Å²) >= 11 is 6.89. The van der Waals surface area contributed by atoms with Gasteiger partial charge in [0, 0.05) is 6.07 Å². The van der Waals surface area contributed by atoms with Crippen molar-refractivity contribution in [3.8, 4) is 0 Å². The molecule has 0 radical (unpaired) electrons. The molecule has 0 saturated carbocycles. The molecule has 0 fully saturated rings. The SMILES string of the molecule is O=C(O)c1cc(S)c(Br)o1. The first-order valence-corrected chi connectivity index (χ1v) is 3.57. The van der Waals surface area contributed by atoms with E-state index in [1.54, 1.807) is 0 Å². The van der Waals surface area contributed by atoms with Gasteiger partial charge in [0.1, 0.15) is 0 Å². The summed E-state index contributed by atoms with van der Waals surface area (Å²) in [4.78, 5) is 10.7. The Kier molecular flexibility index (Phi) is 2.05. The second-order valence-electron chi connectivity index (χ2n) is 1.57. The van der Waals surface area contributed by atoms with E-state index in [1.165, 1.54) is 6.07 Å². The molecule has 3 nitrogen and oxygen atoms in total. The van der Waals surface area contributed by atoms with Crippen molar-refractivity contribution in [1.82, 2.24) is 0 Å². The predicted molar refractivity (Wildman–Crippen MR) is 40.6 cm³/mol. The summed E-state index contributed by atoms with van der Waals surface area (Å²) in [5.41, 5.74) is 0. The average Bonchev–Trinajstić information content (AvgIpc) is 2.13. The van der Waals surface area contributed by atoms with Crippen LogP contribution in [0.4, 0.5) is 0 Å². The maximum absolute atomic E-state index is 10.2. The van der Waals surface area contributed by atoms with Crippen LogP contribution in [0, 0.1) is 0 Å². The van der Waals surface area contributed by atoms with E-state index in [-0.39, 0.29) is 5.76 Å². The number of carboxylic acid groups (broad SMARTS) is 1. The molecule has 1 aromatic heterocycles. The largest absolute Gasteiger partial charge is 0.475 e. The summed E-state index contributed by atoms with van der Waals surface area (Å²) in [6.45, 7) is 0. The minimum atomic E-state index is -1.10. The Bertz CT molecular complexity index is 248.